The largest absolute Gasteiger partial charge is 0.326 e. The van der Waals surface area contributed by atoms with E-state index in [0.29, 0.717) is 0 Å². The molecule has 0 saturated carbocycles. The van der Waals surface area contributed by atoms with E-state index in [9.17, 15) is 14.7 Å². The standard InChI is InChI=1S/C7H8NO5P/c9-8(10)7-4-2-1-3-6(7)5-13-14(11)12/h1-4,14H,5H2,(H,11,12). The minimum Gasteiger partial charge on any atom is -0.326 e. The molecule has 0 aliphatic rings. The van der Waals surface area contributed by atoms with Crippen LogP contribution in [0.25, 0.3) is 0 Å². The third-order valence-electron chi connectivity index (χ3n) is 1.54. The molecule has 1 atom stereocenters. The summed E-state index contributed by atoms with van der Waals surface area (Å²) in [5.74, 6) is 0. The normalized spacial score (nSPS) is 12.4. The van der Waals surface area contributed by atoms with Gasteiger partial charge in [0.15, 0.2) is 0 Å². The number of nitro groups is 1. The molecular formula is C7H8NO5P. The van der Waals surface area contributed by atoms with Gasteiger partial charge in [0, 0.05) is 6.07 Å². The molecule has 0 amide bonds. The van der Waals surface area contributed by atoms with Crippen LogP contribution in [0.2, 0.25) is 0 Å². The molecule has 0 spiro atoms. The van der Waals surface area contributed by atoms with Crippen molar-refractivity contribution in [3.05, 3.63) is 39.9 Å². The Labute approximate surface area is 80.2 Å². The first-order chi connectivity index (χ1) is 6.61. The van der Waals surface area contributed by atoms with Crippen LogP contribution in [0.3, 0.4) is 0 Å². The molecule has 14 heavy (non-hydrogen) atoms. The Morgan fingerprint density at radius 1 is 1.50 bits per heavy atom. The Morgan fingerprint density at radius 3 is 2.71 bits per heavy atom. The summed E-state index contributed by atoms with van der Waals surface area (Å²) in [6.07, 6.45) is 0. The van der Waals surface area contributed by atoms with E-state index in [0.717, 1.165) is 0 Å². The minimum atomic E-state index is -3.05. The number of nitro benzene ring substituents is 1. The highest BCUT2D eigenvalue weighted by Gasteiger charge is 2.12. The molecule has 0 saturated heterocycles. The summed E-state index contributed by atoms with van der Waals surface area (Å²) in [6, 6.07) is 5.90. The first-order valence-electron chi connectivity index (χ1n) is 3.69. The lowest BCUT2D eigenvalue weighted by Gasteiger charge is -2.01. The van der Waals surface area contributed by atoms with Crippen molar-refractivity contribution in [2.75, 3.05) is 0 Å². The van der Waals surface area contributed by atoms with Gasteiger partial charge in [-0.25, -0.2) is 0 Å². The first kappa shape index (κ1) is 10.8. The summed E-state index contributed by atoms with van der Waals surface area (Å²) in [4.78, 5) is 18.3. The molecule has 1 N–H and O–H groups in total. The van der Waals surface area contributed by atoms with E-state index in [1.54, 1.807) is 6.07 Å². The predicted molar refractivity (Wildman–Crippen MR) is 49.1 cm³/mol. The van der Waals surface area contributed by atoms with Crippen LogP contribution in [0.5, 0.6) is 0 Å². The van der Waals surface area contributed by atoms with Crippen LogP contribution in [0.1, 0.15) is 5.56 Å². The van der Waals surface area contributed by atoms with Gasteiger partial charge in [-0.05, 0) is 6.07 Å². The summed E-state index contributed by atoms with van der Waals surface area (Å²) in [5.41, 5.74) is 0.167. The van der Waals surface area contributed by atoms with Crippen LogP contribution in [0.15, 0.2) is 24.3 Å². The van der Waals surface area contributed by atoms with Gasteiger partial charge in [0.2, 0.25) is 0 Å². The molecule has 0 fully saturated rings. The molecule has 0 aromatic heterocycles. The maximum atomic E-state index is 10.5. The summed E-state index contributed by atoms with van der Waals surface area (Å²) < 4.78 is 14.7. The highest BCUT2D eigenvalue weighted by molar-refractivity contribution is 7.32. The predicted octanol–water partition coefficient (Wildman–Crippen LogP) is 1.49. The van der Waals surface area contributed by atoms with Crippen molar-refractivity contribution >= 4 is 13.9 Å². The number of benzene rings is 1. The molecule has 0 heterocycles. The molecule has 0 aliphatic carbocycles. The average molecular weight is 217 g/mol. The highest BCUT2D eigenvalue weighted by Crippen LogP contribution is 2.23. The van der Waals surface area contributed by atoms with Crippen molar-refractivity contribution in [2.24, 2.45) is 0 Å². The highest BCUT2D eigenvalue weighted by atomic mass is 31.1. The van der Waals surface area contributed by atoms with Crippen molar-refractivity contribution in [2.45, 2.75) is 6.61 Å². The van der Waals surface area contributed by atoms with Gasteiger partial charge < -0.3 is 9.42 Å². The van der Waals surface area contributed by atoms with Crippen LogP contribution in [0.4, 0.5) is 5.69 Å². The van der Waals surface area contributed by atoms with E-state index in [-0.39, 0.29) is 17.9 Å². The summed E-state index contributed by atoms with van der Waals surface area (Å²) in [5, 5.41) is 10.5. The monoisotopic (exact) mass is 217 g/mol. The molecule has 1 aromatic carbocycles. The molecule has 76 valence electrons. The molecule has 0 aliphatic heterocycles. The maximum Gasteiger partial charge on any atom is 0.316 e. The zero-order chi connectivity index (χ0) is 10.6. The lowest BCUT2D eigenvalue weighted by atomic mass is 10.2. The Balaban J connectivity index is 2.84. The molecule has 0 bridgehead atoms. The van der Waals surface area contributed by atoms with Crippen LogP contribution >= 0.6 is 8.25 Å². The van der Waals surface area contributed by atoms with E-state index in [4.69, 9.17) is 4.89 Å². The van der Waals surface area contributed by atoms with Gasteiger partial charge in [-0.15, -0.1) is 0 Å². The van der Waals surface area contributed by atoms with Crippen molar-refractivity contribution in [3.63, 3.8) is 0 Å². The van der Waals surface area contributed by atoms with Gasteiger partial charge in [0.05, 0.1) is 17.1 Å². The van der Waals surface area contributed by atoms with Crippen LogP contribution in [0, 0.1) is 10.1 Å². The molecule has 1 rings (SSSR count). The number of nitrogens with zero attached hydrogens (tertiary/aromatic N) is 1. The average Bonchev–Trinajstić information content (AvgIpc) is 2.15. The Morgan fingerprint density at radius 2 is 2.14 bits per heavy atom. The third-order valence-corrected chi connectivity index (χ3v) is 1.93. The number of rotatable bonds is 4. The lowest BCUT2D eigenvalue weighted by molar-refractivity contribution is -0.385. The zero-order valence-corrected chi connectivity index (χ0v) is 8.04. The van der Waals surface area contributed by atoms with Crippen molar-refractivity contribution in [1.82, 2.24) is 0 Å². The number of hydrogen-bond acceptors (Lipinski definition) is 4. The molecule has 1 aromatic rings. The topological polar surface area (TPSA) is 89.7 Å². The summed E-state index contributed by atoms with van der Waals surface area (Å²) in [7, 11) is -3.05. The van der Waals surface area contributed by atoms with Crippen molar-refractivity contribution < 1.29 is 18.9 Å². The molecule has 6 nitrogen and oxygen atoms in total. The Bertz CT molecular complexity index is 367. The molecule has 7 heteroatoms. The summed E-state index contributed by atoms with van der Waals surface area (Å²) in [6.45, 7) is -0.231. The number of para-hydroxylation sites is 1. The Hall–Kier alpha value is -1.23. The van der Waals surface area contributed by atoms with Gasteiger partial charge in [-0.1, -0.05) is 12.1 Å². The fourth-order valence-electron chi connectivity index (χ4n) is 0.950. The molecular weight excluding hydrogens is 209 g/mol. The zero-order valence-electron chi connectivity index (χ0n) is 7.04. The van der Waals surface area contributed by atoms with E-state index < -0.39 is 13.2 Å². The third kappa shape index (κ3) is 2.92. The van der Waals surface area contributed by atoms with Gasteiger partial charge in [0.1, 0.15) is 0 Å². The second kappa shape index (κ2) is 4.85. The fourth-order valence-corrected chi connectivity index (χ4v) is 1.23. The van der Waals surface area contributed by atoms with Crippen LogP contribution < -0.4 is 0 Å². The van der Waals surface area contributed by atoms with E-state index in [1.807, 2.05) is 0 Å². The second-order valence-electron chi connectivity index (χ2n) is 2.44. The van der Waals surface area contributed by atoms with Gasteiger partial charge in [-0.3, -0.25) is 14.7 Å². The van der Waals surface area contributed by atoms with Gasteiger partial charge in [0.25, 0.3) is 5.69 Å². The SMILES string of the molecule is O=[N+]([O-])c1ccccc1CO[PH](=O)O. The van der Waals surface area contributed by atoms with E-state index in [1.165, 1.54) is 18.2 Å². The summed E-state index contributed by atoms with van der Waals surface area (Å²) >= 11 is 0. The molecule has 1 unspecified atom stereocenters. The first-order valence-corrected chi connectivity index (χ1v) is 4.95. The van der Waals surface area contributed by atoms with Gasteiger partial charge in [-0.2, -0.15) is 0 Å². The molecule has 0 radical (unpaired) electrons. The minimum absolute atomic E-state index is 0.115. The van der Waals surface area contributed by atoms with Crippen molar-refractivity contribution in [3.8, 4) is 0 Å². The number of hydrogen-bond donors (Lipinski definition) is 1. The fraction of sp³-hybridized carbons (Fsp3) is 0.143. The van der Waals surface area contributed by atoms with Crippen LogP contribution in [-0.4, -0.2) is 9.82 Å². The maximum absolute atomic E-state index is 10.5. The lowest BCUT2D eigenvalue weighted by Crippen LogP contribution is -1.95. The van der Waals surface area contributed by atoms with E-state index in [2.05, 4.69) is 4.52 Å². The Kier molecular flexibility index (Phi) is 3.76. The smallest absolute Gasteiger partial charge is 0.316 e. The van der Waals surface area contributed by atoms with E-state index >= 15 is 0 Å². The second-order valence-corrected chi connectivity index (χ2v) is 3.26. The van der Waals surface area contributed by atoms with Crippen LogP contribution in [-0.2, 0) is 15.7 Å². The van der Waals surface area contributed by atoms with Crippen molar-refractivity contribution in [1.29, 1.82) is 0 Å². The quantitative estimate of drug-likeness (QED) is 0.468. The van der Waals surface area contributed by atoms with Gasteiger partial charge >= 0.3 is 8.25 Å².